The lowest BCUT2D eigenvalue weighted by Gasteiger charge is -2.14. The van der Waals surface area contributed by atoms with Gasteiger partial charge >= 0.3 is 0 Å². The first kappa shape index (κ1) is 20.7. The van der Waals surface area contributed by atoms with Gasteiger partial charge in [0.25, 0.3) is 5.91 Å². The summed E-state index contributed by atoms with van der Waals surface area (Å²) in [5.41, 5.74) is 1.83. The number of nitrogens with zero attached hydrogens (tertiary/aromatic N) is 2. The number of hydrogen-bond acceptors (Lipinski definition) is 6. The van der Waals surface area contributed by atoms with E-state index in [2.05, 4.69) is 10.4 Å². The summed E-state index contributed by atoms with van der Waals surface area (Å²) in [5, 5.41) is 9.56. The molecule has 0 saturated heterocycles. The first-order valence-electron chi connectivity index (χ1n) is 9.72. The highest BCUT2D eigenvalue weighted by molar-refractivity contribution is 7.10. The Bertz CT molecular complexity index is 1120. The van der Waals surface area contributed by atoms with Crippen molar-refractivity contribution in [2.75, 3.05) is 20.8 Å². The number of ether oxygens (including phenoxy) is 2. The normalized spacial score (nSPS) is 11.8. The van der Waals surface area contributed by atoms with Crippen molar-refractivity contribution in [1.29, 1.82) is 0 Å². The van der Waals surface area contributed by atoms with E-state index in [1.165, 1.54) is 0 Å². The van der Waals surface area contributed by atoms with E-state index in [1.807, 2.05) is 47.8 Å². The van der Waals surface area contributed by atoms with Crippen molar-refractivity contribution >= 4 is 17.2 Å². The quantitative estimate of drug-likeness (QED) is 0.444. The first-order valence-corrected chi connectivity index (χ1v) is 10.6. The summed E-state index contributed by atoms with van der Waals surface area (Å²) < 4.78 is 17.9. The van der Waals surface area contributed by atoms with Gasteiger partial charge in [0.05, 0.1) is 32.1 Å². The predicted octanol–water partition coefficient (Wildman–Crippen LogP) is 4.32. The van der Waals surface area contributed by atoms with Crippen LogP contribution in [0.25, 0.3) is 11.3 Å². The van der Waals surface area contributed by atoms with Crippen molar-refractivity contribution in [3.63, 3.8) is 0 Å². The van der Waals surface area contributed by atoms with Crippen LogP contribution in [-0.2, 0) is 7.05 Å². The van der Waals surface area contributed by atoms with Gasteiger partial charge in [0.1, 0.15) is 23.0 Å². The Labute approximate surface area is 184 Å². The number of hydrogen-bond donors (Lipinski definition) is 1. The third-order valence-corrected chi connectivity index (χ3v) is 6.02. The van der Waals surface area contributed by atoms with Crippen LogP contribution in [0.4, 0.5) is 0 Å². The molecule has 0 aliphatic carbocycles. The zero-order valence-corrected chi connectivity index (χ0v) is 18.3. The minimum Gasteiger partial charge on any atom is -0.497 e. The summed E-state index contributed by atoms with van der Waals surface area (Å²) in [6.45, 7) is 0.413. The van der Waals surface area contributed by atoms with E-state index in [0.29, 0.717) is 29.4 Å². The maximum atomic E-state index is 13.0. The average Bonchev–Trinajstić information content (AvgIpc) is 3.56. The van der Waals surface area contributed by atoms with Gasteiger partial charge in [-0.3, -0.25) is 9.48 Å². The van der Waals surface area contributed by atoms with E-state index in [9.17, 15) is 4.79 Å². The average molecular weight is 438 g/mol. The van der Waals surface area contributed by atoms with Crippen molar-refractivity contribution in [3.8, 4) is 22.8 Å². The van der Waals surface area contributed by atoms with E-state index in [-0.39, 0.29) is 11.8 Å². The number of rotatable bonds is 8. The predicted molar refractivity (Wildman–Crippen MR) is 119 cm³/mol. The number of methoxy groups -OCH3 is 2. The van der Waals surface area contributed by atoms with Crippen LogP contribution in [0.1, 0.15) is 27.0 Å². The molecule has 0 spiro atoms. The van der Waals surface area contributed by atoms with Crippen LogP contribution < -0.4 is 14.8 Å². The molecule has 0 bridgehead atoms. The monoisotopic (exact) mass is 437 g/mol. The van der Waals surface area contributed by atoms with Crippen LogP contribution >= 0.6 is 11.3 Å². The van der Waals surface area contributed by atoms with Crippen LogP contribution in [0.15, 0.2) is 64.6 Å². The molecule has 3 aromatic heterocycles. The van der Waals surface area contributed by atoms with Gasteiger partial charge in [-0.2, -0.15) is 5.10 Å². The molecule has 0 fully saturated rings. The molecule has 160 valence electrons. The number of aryl methyl sites for hydroxylation is 1. The maximum absolute atomic E-state index is 13.0. The molecule has 1 atom stereocenters. The molecule has 1 amide bonds. The van der Waals surface area contributed by atoms with Gasteiger partial charge in [0.15, 0.2) is 0 Å². The summed E-state index contributed by atoms with van der Waals surface area (Å²) in [6.07, 6.45) is 1.65. The van der Waals surface area contributed by atoms with Gasteiger partial charge in [-0.05, 0) is 47.8 Å². The van der Waals surface area contributed by atoms with Crippen LogP contribution in [0.3, 0.4) is 0 Å². The minimum absolute atomic E-state index is 0.0508. The van der Waals surface area contributed by atoms with Gasteiger partial charge in [-0.1, -0.05) is 6.07 Å². The second-order valence-electron chi connectivity index (χ2n) is 6.90. The van der Waals surface area contributed by atoms with Crippen LogP contribution in [0.5, 0.6) is 11.5 Å². The molecule has 8 heteroatoms. The van der Waals surface area contributed by atoms with E-state index >= 15 is 0 Å². The summed E-state index contributed by atoms with van der Waals surface area (Å²) in [7, 11) is 4.95. The van der Waals surface area contributed by atoms with Crippen molar-refractivity contribution in [2.24, 2.45) is 7.05 Å². The SMILES string of the molecule is COc1ccc(OC)c(-c2cc(C(=O)NC[C@H](c3ccco3)c3cccs3)n(C)n2)c1. The lowest BCUT2D eigenvalue weighted by atomic mass is 10.0. The van der Waals surface area contributed by atoms with Gasteiger partial charge in [0, 0.05) is 24.0 Å². The molecule has 0 aliphatic heterocycles. The number of carbonyl (C=O) groups is 1. The Morgan fingerprint density at radius 1 is 1.19 bits per heavy atom. The lowest BCUT2D eigenvalue weighted by Crippen LogP contribution is -2.30. The third kappa shape index (κ3) is 4.34. The highest BCUT2D eigenvalue weighted by atomic mass is 32.1. The Morgan fingerprint density at radius 3 is 2.74 bits per heavy atom. The molecule has 0 saturated carbocycles. The van der Waals surface area contributed by atoms with Crippen LogP contribution in [0, 0.1) is 0 Å². The number of carbonyl (C=O) groups excluding carboxylic acids is 1. The molecule has 4 aromatic rings. The fourth-order valence-corrected chi connectivity index (χ4v) is 4.27. The van der Waals surface area contributed by atoms with Crippen molar-refractivity contribution in [3.05, 3.63) is 76.5 Å². The van der Waals surface area contributed by atoms with E-state index in [4.69, 9.17) is 13.9 Å². The second kappa shape index (κ2) is 9.09. The zero-order chi connectivity index (χ0) is 21.8. The molecule has 31 heavy (non-hydrogen) atoms. The number of nitrogens with one attached hydrogen (secondary N) is 1. The van der Waals surface area contributed by atoms with Gasteiger partial charge < -0.3 is 19.2 Å². The van der Waals surface area contributed by atoms with Crippen LogP contribution in [0.2, 0.25) is 0 Å². The van der Waals surface area contributed by atoms with Gasteiger partial charge in [0.2, 0.25) is 0 Å². The molecule has 7 nitrogen and oxygen atoms in total. The molecule has 3 heterocycles. The molecular formula is C23H23N3O4S. The fraction of sp³-hybridized carbons (Fsp3) is 0.217. The Kier molecular flexibility index (Phi) is 6.08. The Morgan fingerprint density at radius 2 is 2.06 bits per heavy atom. The summed E-state index contributed by atoms with van der Waals surface area (Å²) in [5.74, 6) is 1.89. The summed E-state index contributed by atoms with van der Waals surface area (Å²) in [4.78, 5) is 14.1. The topological polar surface area (TPSA) is 78.5 Å². The zero-order valence-electron chi connectivity index (χ0n) is 17.5. The highest BCUT2D eigenvalue weighted by Crippen LogP contribution is 2.33. The number of benzene rings is 1. The molecular weight excluding hydrogens is 414 g/mol. The number of amides is 1. The molecule has 0 aliphatic rings. The Hall–Kier alpha value is -3.52. The van der Waals surface area contributed by atoms with Gasteiger partial charge in [-0.25, -0.2) is 0 Å². The molecule has 0 unspecified atom stereocenters. The van der Waals surface area contributed by atoms with Gasteiger partial charge in [-0.15, -0.1) is 11.3 Å². The number of furan rings is 1. The number of thiophene rings is 1. The highest BCUT2D eigenvalue weighted by Gasteiger charge is 2.22. The molecule has 1 N–H and O–H groups in total. The standard InChI is InChI=1S/C23H23N3O4S/c1-26-19(13-18(25-26)16-12-15(28-2)8-9-20(16)29-3)23(27)24-14-17(21-6-4-10-30-21)22-7-5-11-31-22/h4-13,17H,14H2,1-3H3,(H,24,27)/t17-/m1/s1. The maximum Gasteiger partial charge on any atom is 0.269 e. The number of aromatic nitrogens is 2. The summed E-state index contributed by atoms with van der Waals surface area (Å²) in [6, 6.07) is 15.0. The summed E-state index contributed by atoms with van der Waals surface area (Å²) >= 11 is 1.63. The smallest absolute Gasteiger partial charge is 0.269 e. The second-order valence-corrected chi connectivity index (χ2v) is 7.88. The lowest BCUT2D eigenvalue weighted by molar-refractivity contribution is 0.0942. The fourth-order valence-electron chi connectivity index (χ4n) is 3.43. The first-order chi connectivity index (χ1) is 15.1. The van der Waals surface area contributed by atoms with Crippen molar-refractivity contribution < 1.29 is 18.7 Å². The minimum atomic E-state index is -0.212. The molecule has 4 rings (SSSR count). The molecule has 1 aromatic carbocycles. The molecule has 0 radical (unpaired) electrons. The van der Waals surface area contributed by atoms with Crippen LogP contribution in [-0.4, -0.2) is 36.5 Å². The van der Waals surface area contributed by atoms with E-state index in [0.717, 1.165) is 16.2 Å². The Balaban J connectivity index is 1.56. The van der Waals surface area contributed by atoms with E-state index in [1.54, 1.807) is 49.6 Å². The van der Waals surface area contributed by atoms with E-state index < -0.39 is 0 Å². The van der Waals surface area contributed by atoms with Crippen molar-refractivity contribution in [2.45, 2.75) is 5.92 Å². The largest absolute Gasteiger partial charge is 0.497 e. The van der Waals surface area contributed by atoms with Crippen molar-refractivity contribution in [1.82, 2.24) is 15.1 Å². The third-order valence-electron chi connectivity index (χ3n) is 5.04.